The third kappa shape index (κ3) is 4.42. The van der Waals surface area contributed by atoms with Crippen molar-refractivity contribution in [2.45, 2.75) is 6.54 Å². The van der Waals surface area contributed by atoms with E-state index in [-0.39, 0.29) is 6.61 Å². The van der Waals surface area contributed by atoms with Gasteiger partial charge >= 0.3 is 0 Å². The van der Waals surface area contributed by atoms with Crippen LogP contribution in [0.1, 0.15) is 5.56 Å². The molecule has 0 bridgehead atoms. The molecule has 1 saturated heterocycles. The molecule has 1 aliphatic rings. The normalized spacial score (nSPS) is 18.3. The van der Waals surface area contributed by atoms with Gasteiger partial charge in [-0.15, -0.1) is 0 Å². The van der Waals surface area contributed by atoms with Crippen LogP contribution in [-0.2, 0) is 11.3 Å². The summed E-state index contributed by atoms with van der Waals surface area (Å²) in [6, 6.07) is 2.02. The molecular formula is C13H22N2O3. The Morgan fingerprint density at radius 1 is 1.17 bits per heavy atom. The minimum atomic E-state index is 0.110. The second kappa shape index (κ2) is 7.53. The number of furan rings is 1. The summed E-state index contributed by atoms with van der Waals surface area (Å²) in [4.78, 5) is 4.85. The molecule has 1 N–H and O–H groups in total. The molecule has 0 aromatic carbocycles. The third-order valence-corrected chi connectivity index (χ3v) is 3.24. The Bertz CT molecular complexity index is 308. The molecule has 1 fully saturated rings. The monoisotopic (exact) mass is 254 g/mol. The molecule has 5 heteroatoms. The lowest BCUT2D eigenvalue weighted by molar-refractivity contribution is 0.0563. The Morgan fingerprint density at radius 2 is 1.94 bits per heavy atom. The summed E-state index contributed by atoms with van der Waals surface area (Å²) in [5.41, 5.74) is 1.25. The fourth-order valence-electron chi connectivity index (χ4n) is 2.17. The first-order valence-electron chi connectivity index (χ1n) is 6.53. The molecule has 0 amide bonds. The molecule has 0 saturated carbocycles. The number of ether oxygens (including phenoxy) is 1. The van der Waals surface area contributed by atoms with E-state index in [2.05, 4.69) is 9.80 Å². The Labute approximate surface area is 108 Å². The van der Waals surface area contributed by atoms with E-state index < -0.39 is 0 Å². The molecule has 0 spiro atoms. The van der Waals surface area contributed by atoms with E-state index in [0.717, 1.165) is 39.3 Å². The number of hydrogen-bond donors (Lipinski definition) is 1. The average molecular weight is 254 g/mol. The van der Waals surface area contributed by atoms with Crippen LogP contribution in [0.5, 0.6) is 0 Å². The van der Waals surface area contributed by atoms with E-state index in [1.807, 2.05) is 12.3 Å². The van der Waals surface area contributed by atoms with Crippen molar-refractivity contribution in [3.8, 4) is 0 Å². The zero-order valence-corrected chi connectivity index (χ0v) is 10.8. The van der Waals surface area contributed by atoms with Crippen molar-refractivity contribution in [3.63, 3.8) is 0 Å². The van der Waals surface area contributed by atoms with Crippen LogP contribution in [0.2, 0.25) is 0 Å². The summed E-state index contributed by atoms with van der Waals surface area (Å²) in [6.07, 6.45) is 3.54. The predicted molar refractivity (Wildman–Crippen MR) is 68.3 cm³/mol. The van der Waals surface area contributed by atoms with Crippen LogP contribution in [0.25, 0.3) is 0 Å². The van der Waals surface area contributed by atoms with Gasteiger partial charge in [0, 0.05) is 44.8 Å². The molecule has 1 aromatic heterocycles. The maximum Gasteiger partial charge on any atom is 0.0947 e. The van der Waals surface area contributed by atoms with Gasteiger partial charge in [0.1, 0.15) is 0 Å². The second-order valence-corrected chi connectivity index (χ2v) is 4.59. The number of nitrogens with zero attached hydrogens (tertiary/aromatic N) is 2. The Hall–Kier alpha value is -0.880. The fraction of sp³-hybridized carbons (Fsp3) is 0.692. The van der Waals surface area contributed by atoms with Crippen molar-refractivity contribution >= 4 is 0 Å². The smallest absolute Gasteiger partial charge is 0.0947 e. The van der Waals surface area contributed by atoms with E-state index >= 15 is 0 Å². The number of aliphatic hydroxyl groups is 1. The Kier molecular flexibility index (Phi) is 5.67. The largest absolute Gasteiger partial charge is 0.472 e. The van der Waals surface area contributed by atoms with Crippen molar-refractivity contribution in [2.24, 2.45) is 0 Å². The van der Waals surface area contributed by atoms with Gasteiger partial charge in [-0.1, -0.05) is 0 Å². The van der Waals surface area contributed by atoms with Crippen LogP contribution in [0.15, 0.2) is 23.0 Å². The highest BCUT2D eigenvalue weighted by molar-refractivity contribution is 5.05. The highest BCUT2D eigenvalue weighted by Crippen LogP contribution is 2.08. The van der Waals surface area contributed by atoms with Crippen molar-refractivity contribution in [1.82, 2.24) is 9.80 Å². The van der Waals surface area contributed by atoms with Crippen LogP contribution in [-0.4, -0.2) is 67.5 Å². The minimum Gasteiger partial charge on any atom is -0.472 e. The summed E-state index contributed by atoms with van der Waals surface area (Å²) in [7, 11) is 0. The van der Waals surface area contributed by atoms with Crippen molar-refractivity contribution < 1.29 is 14.3 Å². The molecule has 102 valence electrons. The van der Waals surface area contributed by atoms with Gasteiger partial charge in [-0.3, -0.25) is 9.80 Å². The quantitative estimate of drug-likeness (QED) is 0.714. The number of hydrogen-bond acceptors (Lipinski definition) is 5. The highest BCUT2D eigenvalue weighted by Gasteiger charge is 2.16. The summed E-state index contributed by atoms with van der Waals surface area (Å²) in [5, 5.41) is 8.61. The van der Waals surface area contributed by atoms with Gasteiger partial charge in [0.15, 0.2) is 0 Å². The molecule has 0 unspecified atom stereocenters. The van der Waals surface area contributed by atoms with E-state index in [9.17, 15) is 0 Å². The summed E-state index contributed by atoms with van der Waals surface area (Å²) >= 11 is 0. The summed E-state index contributed by atoms with van der Waals surface area (Å²) in [6.45, 7) is 7.54. The first kappa shape index (κ1) is 13.5. The lowest BCUT2D eigenvalue weighted by atomic mass is 10.2. The molecular weight excluding hydrogens is 232 g/mol. The minimum absolute atomic E-state index is 0.110. The van der Waals surface area contributed by atoms with Gasteiger partial charge in [0.05, 0.1) is 32.3 Å². The van der Waals surface area contributed by atoms with Gasteiger partial charge in [-0.25, -0.2) is 0 Å². The molecule has 0 radical (unpaired) electrons. The lowest BCUT2D eigenvalue weighted by Crippen LogP contribution is -2.46. The number of piperazine rings is 1. The molecule has 2 rings (SSSR count). The molecule has 0 aliphatic carbocycles. The van der Waals surface area contributed by atoms with Gasteiger partial charge in [0.25, 0.3) is 0 Å². The lowest BCUT2D eigenvalue weighted by Gasteiger charge is -2.34. The van der Waals surface area contributed by atoms with Crippen LogP contribution in [0, 0.1) is 0 Å². The summed E-state index contributed by atoms with van der Waals surface area (Å²) < 4.78 is 10.4. The van der Waals surface area contributed by atoms with Crippen molar-refractivity contribution in [2.75, 3.05) is 52.5 Å². The predicted octanol–water partition coefficient (Wildman–Crippen LogP) is 0.406. The number of rotatable bonds is 7. The Balaban J connectivity index is 1.59. The molecule has 18 heavy (non-hydrogen) atoms. The van der Waals surface area contributed by atoms with Crippen LogP contribution < -0.4 is 0 Å². The van der Waals surface area contributed by atoms with Crippen molar-refractivity contribution in [1.29, 1.82) is 0 Å². The topological polar surface area (TPSA) is 49.1 Å². The maximum absolute atomic E-state index is 8.61. The van der Waals surface area contributed by atoms with Gasteiger partial charge < -0.3 is 14.3 Å². The maximum atomic E-state index is 8.61. The molecule has 2 heterocycles. The molecule has 1 aliphatic heterocycles. The van der Waals surface area contributed by atoms with Crippen LogP contribution in [0.3, 0.4) is 0 Å². The summed E-state index contributed by atoms with van der Waals surface area (Å²) in [5.74, 6) is 0. The van der Waals surface area contributed by atoms with Gasteiger partial charge in [-0.2, -0.15) is 0 Å². The molecule has 1 aromatic rings. The SMILES string of the molecule is OCCOCCN1CCN(Cc2ccoc2)CC1. The van der Waals surface area contributed by atoms with Gasteiger partial charge in [-0.05, 0) is 6.07 Å². The zero-order chi connectivity index (χ0) is 12.6. The first-order valence-corrected chi connectivity index (χ1v) is 6.53. The van der Waals surface area contributed by atoms with Gasteiger partial charge in [0.2, 0.25) is 0 Å². The van der Waals surface area contributed by atoms with Crippen molar-refractivity contribution in [3.05, 3.63) is 24.2 Å². The first-order chi connectivity index (χ1) is 8.88. The van der Waals surface area contributed by atoms with Crippen LogP contribution >= 0.6 is 0 Å². The standard InChI is InChI=1S/C13H22N2O3/c16-7-10-17-9-6-14-2-4-15(5-3-14)11-13-1-8-18-12-13/h1,8,12,16H,2-7,9-11H2. The van der Waals surface area contributed by atoms with E-state index in [4.69, 9.17) is 14.3 Å². The second-order valence-electron chi connectivity index (χ2n) is 4.59. The van der Waals surface area contributed by atoms with E-state index in [0.29, 0.717) is 13.2 Å². The molecule has 0 atom stereocenters. The molecule has 5 nitrogen and oxygen atoms in total. The van der Waals surface area contributed by atoms with E-state index in [1.54, 1.807) is 6.26 Å². The number of aliphatic hydroxyl groups excluding tert-OH is 1. The average Bonchev–Trinajstić information content (AvgIpc) is 2.89. The zero-order valence-electron chi connectivity index (χ0n) is 10.8. The van der Waals surface area contributed by atoms with E-state index in [1.165, 1.54) is 5.56 Å². The third-order valence-electron chi connectivity index (χ3n) is 3.24. The highest BCUT2D eigenvalue weighted by atomic mass is 16.5. The fourth-order valence-corrected chi connectivity index (χ4v) is 2.17. The van der Waals surface area contributed by atoms with Crippen LogP contribution in [0.4, 0.5) is 0 Å². The Morgan fingerprint density at radius 3 is 2.61 bits per heavy atom.